The minimum atomic E-state index is -1.62. The fourth-order valence-electron chi connectivity index (χ4n) is 3.70. The number of rotatable bonds is 6. The van der Waals surface area contributed by atoms with Gasteiger partial charge in [0, 0.05) is 11.6 Å². The van der Waals surface area contributed by atoms with Gasteiger partial charge < -0.3 is 24.8 Å². The van der Waals surface area contributed by atoms with E-state index in [9.17, 15) is 19.5 Å². The van der Waals surface area contributed by atoms with E-state index in [0.29, 0.717) is 11.4 Å². The van der Waals surface area contributed by atoms with Gasteiger partial charge in [-0.25, -0.2) is 14.3 Å². The summed E-state index contributed by atoms with van der Waals surface area (Å²) in [6, 6.07) is 13.7. The van der Waals surface area contributed by atoms with Gasteiger partial charge in [-0.3, -0.25) is 9.89 Å². The van der Waals surface area contributed by atoms with Crippen molar-refractivity contribution in [3.8, 4) is 34.1 Å². The molecule has 12 nitrogen and oxygen atoms in total. The highest BCUT2D eigenvalue weighted by Gasteiger charge is 2.16. The molecule has 0 aliphatic heterocycles. The molecular formula is C26H22N4O8. The molecule has 0 saturated heterocycles. The second-order valence-corrected chi connectivity index (χ2v) is 8.30. The first-order chi connectivity index (χ1) is 18.0. The Labute approximate surface area is 215 Å². The van der Waals surface area contributed by atoms with Crippen molar-refractivity contribution < 1.29 is 34.4 Å². The Kier molecular flexibility index (Phi) is 6.97. The minimum absolute atomic E-state index is 0.00508. The van der Waals surface area contributed by atoms with Crippen LogP contribution >= 0.6 is 0 Å². The van der Waals surface area contributed by atoms with Crippen LogP contribution in [0.4, 0.5) is 21.0 Å². The van der Waals surface area contributed by atoms with Crippen molar-refractivity contribution in [2.45, 2.75) is 20.8 Å². The van der Waals surface area contributed by atoms with Gasteiger partial charge in [-0.1, -0.05) is 18.2 Å². The van der Waals surface area contributed by atoms with Crippen molar-refractivity contribution in [3.63, 3.8) is 0 Å². The molecule has 4 rings (SSSR count). The molecule has 4 N–H and O–H groups in total. The number of ether oxygens (including phenoxy) is 2. The summed E-state index contributed by atoms with van der Waals surface area (Å²) in [7, 11) is 0. The van der Waals surface area contributed by atoms with Crippen LogP contribution in [-0.4, -0.2) is 37.4 Å². The van der Waals surface area contributed by atoms with Crippen LogP contribution in [0, 0.1) is 20.8 Å². The Bertz CT molecular complexity index is 1620. The van der Waals surface area contributed by atoms with E-state index >= 15 is 0 Å². The number of aryl methyl sites for hydroxylation is 3. The number of nitrogens with zero attached hydrogens (tertiary/aromatic N) is 3. The van der Waals surface area contributed by atoms with Crippen molar-refractivity contribution >= 4 is 23.7 Å². The van der Waals surface area contributed by atoms with Gasteiger partial charge in [0.2, 0.25) is 0 Å². The first-order valence-electron chi connectivity index (χ1n) is 11.1. The first-order valence-corrected chi connectivity index (χ1v) is 11.1. The van der Waals surface area contributed by atoms with Gasteiger partial charge in [0.1, 0.15) is 17.2 Å². The number of benzene rings is 3. The topological polar surface area (TPSA) is 176 Å². The van der Waals surface area contributed by atoms with E-state index in [2.05, 4.69) is 24.8 Å². The molecule has 194 valence electrons. The standard InChI is InChI=1S/C26H22N4O8/c1-13-7-8-17(9-14(13)2)30-24(32)22(15(3)29-30)28-27-21-6-4-5-20(23(21)31)16-10-18(37-25(33)34)12-19(11-16)38-26(35)36/h4-12,29,31H,1-3H3,(H,33,34)(H,35,36). The van der Waals surface area contributed by atoms with Crippen molar-refractivity contribution in [1.29, 1.82) is 0 Å². The Hall–Kier alpha value is -5.39. The lowest BCUT2D eigenvalue weighted by molar-refractivity contribution is 0.143. The highest BCUT2D eigenvalue weighted by molar-refractivity contribution is 5.79. The highest BCUT2D eigenvalue weighted by atomic mass is 16.7. The third-order valence-electron chi connectivity index (χ3n) is 5.66. The monoisotopic (exact) mass is 518 g/mol. The number of aromatic hydroxyl groups is 1. The number of hydrogen-bond donors (Lipinski definition) is 4. The second-order valence-electron chi connectivity index (χ2n) is 8.30. The maximum absolute atomic E-state index is 13.0. The van der Waals surface area contributed by atoms with E-state index in [1.165, 1.54) is 28.9 Å². The lowest BCUT2D eigenvalue weighted by Gasteiger charge is -2.10. The number of carboxylic acid groups (broad SMARTS) is 2. The third kappa shape index (κ3) is 5.38. The Morgan fingerprint density at radius 2 is 1.53 bits per heavy atom. The molecule has 0 atom stereocenters. The van der Waals surface area contributed by atoms with Crippen molar-refractivity contribution in [3.05, 3.63) is 81.8 Å². The zero-order valence-corrected chi connectivity index (χ0v) is 20.4. The number of aromatic amines is 1. The number of phenols is 1. The Balaban J connectivity index is 1.72. The molecule has 0 bridgehead atoms. The fraction of sp³-hybridized carbons (Fsp3) is 0.115. The van der Waals surface area contributed by atoms with E-state index < -0.39 is 17.9 Å². The van der Waals surface area contributed by atoms with E-state index in [1.807, 2.05) is 26.0 Å². The molecule has 12 heteroatoms. The molecule has 0 saturated carbocycles. The van der Waals surface area contributed by atoms with E-state index in [4.69, 9.17) is 10.2 Å². The summed E-state index contributed by atoms with van der Waals surface area (Å²) in [5.74, 6) is -0.812. The zero-order chi connectivity index (χ0) is 27.6. The van der Waals surface area contributed by atoms with Crippen LogP contribution < -0.4 is 15.0 Å². The summed E-state index contributed by atoms with van der Waals surface area (Å²) in [6.07, 6.45) is -3.24. The van der Waals surface area contributed by atoms with Crippen LogP contribution in [0.3, 0.4) is 0 Å². The summed E-state index contributed by atoms with van der Waals surface area (Å²) in [6.45, 7) is 5.58. The maximum Gasteiger partial charge on any atom is 0.511 e. The smallest absolute Gasteiger partial charge is 0.505 e. The molecule has 3 aromatic carbocycles. The van der Waals surface area contributed by atoms with Crippen molar-refractivity contribution in [2.75, 3.05) is 0 Å². The molecule has 38 heavy (non-hydrogen) atoms. The molecular weight excluding hydrogens is 496 g/mol. The van der Waals surface area contributed by atoms with Gasteiger partial charge in [-0.05, 0) is 67.8 Å². The van der Waals surface area contributed by atoms with Crippen LogP contribution in [0.15, 0.2) is 69.6 Å². The number of hydrogen-bond acceptors (Lipinski definition) is 8. The summed E-state index contributed by atoms with van der Waals surface area (Å²) in [5, 5.41) is 39.9. The molecule has 0 aliphatic rings. The average molecular weight is 518 g/mol. The molecule has 0 spiro atoms. The molecule has 1 heterocycles. The number of phenolic OH excluding ortho intramolecular Hbond substituents is 1. The molecule has 0 amide bonds. The predicted octanol–water partition coefficient (Wildman–Crippen LogP) is 5.99. The largest absolute Gasteiger partial charge is 0.511 e. The van der Waals surface area contributed by atoms with Gasteiger partial charge in [0.05, 0.1) is 11.4 Å². The number of H-pyrrole nitrogens is 1. The van der Waals surface area contributed by atoms with Gasteiger partial charge in [-0.15, -0.1) is 10.2 Å². The van der Waals surface area contributed by atoms with E-state index in [-0.39, 0.29) is 39.8 Å². The molecule has 0 aliphatic carbocycles. The number of carbonyl (C=O) groups is 2. The van der Waals surface area contributed by atoms with Crippen LogP contribution in [0.2, 0.25) is 0 Å². The highest BCUT2D eigenvalue weighted by Crippen LogP contribution is 2.40. The minimum Gasteiger partial charge on any atom is -0.505 e. The van der Waals surface area contributed by atoms with Crippen LogP contribution in [-0.2, 0) is 0 Å². The first kappa shape index (κ1) is 25.7. The quantitative estimate of drug-likeness (QED) is 0.137. The normalized spacial score (nSPS) is 11.0. The summed E-state index contributed by atoms with van der Waals surface area (Å²) >= 11 is 0. The van der Waals surface area contributed by atoms with Gasteiger partial charge >= 0.3 is 12.3 Å². The second kappa shape index (κ2) is 10.3. The average Bonchev–Trinajstić information content (AvgIpc) is 3.12. The van der Waals surface area contributed by atoms with Crippen LogP contribution in [0.1, 0.15) is 16.8 Å². The molecule has 0 unspecified atom stereocenters. The van der Waals surface area contributed by atoms with Crippen LogP contribution in [0.25, 0.3) is 16.8 Å². The zero-order valence-electron chi connectivity index (χ0n) is 20.4. The third-order valence-corrected chi connectivity index (χ3v) is 5.66. The van der Waals surface area contributed by atoms with Gasteiger partial charge in [-0.2, -0.15) is 0 Å². The van der Waals surface area contributed by atoms with Gasteiger partial charge in [0.25, 0.3) is 5.56 Å². The molecule has 1 aromatic heterocycles. The van der Waals surface area contributed by atoms with E-state index in [0.717, 1.165) is 17.2 Å². The van der Waals surface area contributed by atoms with Crippen molar-refractivity contribution in [2.24, 2.45) is 10.2 Å². The fourth-order valence-corrected chi connectivity index (χ4v) is 3.70. The summed E-state index contributed by atoms with van der Waals surface area (Å²) in [5.41, 5.74) is 3.15. The van der Waals surface area contributed by atoms with Gasteiger partial charge in [0.15, 0.2) is 11.4 Å². The lowest BCUT2D eigenvalue weighted by Crippen LogP contribution is -2.14. The maximum atomic E-state index is 13.0. The number of aromatic nitrogens is 2. The lowest BCUT2D eigenvalue weighted by atomic mass is 10.0. The number of nitrogens with one attached hydrogen (secondary N) is 1. The SMILES string of the molecule is Cc1ccc(-n2[nH]c(C)c(N=Nc3cccc(-c4cc(OC(=O)O)cc(OC(=O)O)c4)c3O)c2=O)cc1C. The number of azo groups is 1. The predicted molar refractivity (Wildman–Crippen MR) is 136 cm³/mol. The number of para-hydroxylation sites is 1. The Morgan fingerprint density at radius 3 is 2.13 bits per heavy atom. The van der Waals surface area contributed by atoms with Crippen molar-refractivity contribution in [1.82, 2.24) is 9.78 Å². The molecule has 4 aromatic rings. The molecule has 0 radical (unpaired) electrons. The Morgan fingerprint density at radius 1 is 0.868 bits per heavy atom. The van der Waals surface area contributed by atoms with Crippen LogP contribution in [0.5, 0.6) is 17.2 Å². The molecule has 0 fully saturated rings. The summed E-state index contributed by atoms with van der Waals surface area (Å²) in [4.78, 5) is 35.0. The van der Waals surface area contributed by atoms with E-state index in [1.54, 1.807) is 19.1 Å². The summed E-state index contributed by atoms with van der Waals surface area (Å²) < 4.78 is 10.6.